The molecule has 9 heteroatoms. The number of rotatable bonds is 6. The number of nitrogens with zero attached hydrogens (tertiary/aromatic N) is 2. The predicted molar refractivity (Wildman–Crippen MR) is 109 cm³/mol. The number of aromatic amines is 1. The zero-order valence-corrected chi connectivity index (χ0v) is 17.2. The Hall–Kier alpha value is -2.91. The molecule has 2 aromatic heterocycles. The summed E-state index contributed by atoms with van der Waals surface area (Å²) in [7, 11) is 1.94. The van der Waals surface area contributed by atoms with E-state index in [0.29, 0.717) is 39.6 Å². The van der Waals surface area contributed by atoms with Gasteiger partial charge in [-0.15, -0.1) is 11.3 Å². The van der Waals surface area contributed by atoms with E-state index in [9.17, 15) is 9.59 Å². The molecule has 0 atom stereocenters. The summed E-state index contributed by atoms with van der Waals surface area (Å²) >= 11 is 1.19. The summed E-state index contributed by atoms with van der Waals surface area (Å²) in [6.45, 7) is 5.12. The van der Waals surface area contributed by atoms with Gasteiger partial charge in [0.2, 0.25) is 6.79 Å². The molecule has 1 aliphatic heterocycles. The van der Waals surface area contributed by atoms with Gasteiger partial charge in [0.05, 0.1) is 18.5 Å². The lowest BCUT2D eigenvalue weighted by Gasteiger charge is -2.16. The molecule has 3 heterocycles. The van der Waals surface area contributed by atoms with E-state index in [1.54, 1.807) is 13.8 Å². The van der Waals surface area contributed by atoms with Crippen molar-refractivity contribution >= 4 is 27.5 Å². The highest BCUT2D eigenvalue weighted by molar-refractivity contribution is 7.20. The van der Waals surface area contributed by atoms with Gasteiger partial charge in [0.15, 0.2) is 11.5 Å². The number of benzene rings is 1. The molecule has 0 spiro atoms. The number of hydrogen-bond acceptors (Lipinski definition) is 8. The Bertz CT molecular complexity index is 1140. The summed E-state index contributed by atoms with van der Waals surface area (Å²) in [5.41, 5.74) is 1.43. The first kappa shape index (κ1) is 19.4. The van der Waals surface area contributed by atoms with Crippen LogP contribution in [0.1, 0.15) is 33.5 Å². The van der Waals surface area contributed by atoms with E-state index in [1.165, 1.54) is 11.3 Å². The minimum atomic E-state index is -0.422. The van der Waals surface area contributed by atoms with E-state index in [-0.39, 0.29) is 19.0 Å². The summed E-state index contributed by atoms with van der Waals surface area (Å²) in [6, 6.07) is 5.83. The van der Waals surface area contributed by atoms with Crippen LogP contribution in [0, 0.1) is 6.92 Å². The number of fused-ring (bicyclic) bond motifs is 2. The van der Waals surface area contributed by atoms with Crippen LogP contribution in [-0.2, 0) is 17.8 Å². The lowest BCUT2D eigenvalue weighted by atomic mass is 10.2. The van der Waals surface area contributed by atoms with Gasteiger partial charge in [-0.1, -0.05) is 6.07 Å². The van der Waals surface area contributed by atoms with Crippen molar-refractivity contribution in [2.75, 3.05) is 20.4 Å². The Morgan fingerprint density at radius 3 is 2.90 bits per heavy atom. The minimum Gasteiger partial charge on any atom is -0.462 e. The van der Waals surface area contributed by atoms with Gasteiger partial charge in [-0.3, -0.25) is 9.69 Å². The van der Waals surface area contributed by atoms with Crippen molar-refractivity contribution in [3.63, 3.8) is 0 Å². The van der Waals surface area contributed by atoms with Crippen molar-refractivity contribution in [2.24, 2.45) is 0 Å². The highest BCUT2D eigenvalue weighted by atomic mass is 32.1. The second-order valence-corrected chi connectivity index (χ2v) is 7.83. The van der Waals surface area contributed by atoms with Crippen molar-refractivity contribution in [1.82, 2.24) is 14.9 Å². The van der Waals surface area contributed by atoms with Crippen LogP contribution < -0.4 is 15.0 Å². The molecule has 152 valence electrons. The molecule has 0 saturated heterocycles. The maximum atomic E-state index is 12.6. The average molecular weight is 415 g/mol. The minimum absolute atomic E-state index is 0.244. The largest absolute Gasteiger partial charge is 0.462 e. The molecule has 29 heavy (non-hydrogen) atoms. The van der Waals surface area contributed by atoms with Crippen molar-refractivity contribution in [2.45, 2.75) is 26.9 Å². The Labute approximate surface area is 171 Å². The second-order valence-electron chi connectivity index (χ2n) is 6.83. The van der Waals surface area contributed by atoms with Gasteiger partial charge >= 0.3 is 5.97 Å². The normalized spacial score (nSPS) is 12.7. The van der Waals surface area contributed by atoms with Gasteiger partial charge in [-0.25, -0.2) is 9.78 Å². The smallest absolute Gasteiger partial charge is 0.348 e. The third-order valence-corrected chi connectivity index (χ3v) is 5.79. The zero-order valence-electron chi connectivity index (χ0n) is 16.4. The van der Waals surface area contributed by atoms with E-state index < -0.39 is 5.97 Å². The van der Waals surface area contributed by atoms with Crippen LogP contribution in [0.2, 0.25) is 0 Å². The molecular formula is C20H21N3O5S. The van der Waals surface area contributed by atoms with Gasteiger partial charge in [0.1, 0.15) is 15.5 Å². The number of hydrogen-bond donors (Lipinski definition) is 1. The number of aromatic nitrogens is 2. The Morgan fingerprint density at radius 1 is 1.31 bits per heavy atom. The fourth-order valence-electron chi connectivity index (χ4n) is 3.32. The summed E-state index contributed by atoms with van der Waals surface area (Å²) in [5.74, 6) is 1.61. The molecule has 0 bridgehead atoms. The predicted octanol–water partition coefficient (Wildman–Crippen LogP) is 2.83. The molecule has 0 fully saturated rings. The maximum Gasteiger partial charge on any atom is 0.348 e. The quantitative estimate of drug-likeness (QED) is 0.619. The summed E-state index contributed by atoms with van der Waals surface area (Å²) in [5, 5.41) is 0.445. The molecular weight excluding hydrogens is 394 g/mol. The number of H-pyrrole nitrogens is 1. The first-order valence-electron chi connectivity index (χ1n) is 9.22. The van der Waals surface area contributed by atoms with Gasteiger partial charge < -0.3 is 19.2 Å². The van der Waals surface area contributed by atoms with E-state index >= 15 is 0 Å². The first-order valence-corrected chi connectivity index (χ1v) is 10.0. The van der Waals surface area contributed by atoms with Crippen LogP contribution in [0.3, 0.4) is 0 Å². The van der Waals surface area contributed by atoms with Crippen LogP contribution in [0.15, 0.2) is 23.0 Å². The summed E-state index contributed by atoms with van der Waals surface area (Å²) < 4.78 is 15.8. The van der Waals surface area contributed by atoms with E-state index in [0.717, 1.165) is 17.1 Å². The van der Waals surface area contributed by atoms with Crippen molar-refractivity contribution in [3.8, 4) is 11.5 Å². The molecule has 0 unspecified atom stereocenters. The van der Waals surface area contributed by atoms with E-state index in [1.807, 2.05) is 30.1 Å². The van der Waals surface area contributed by atoms with Crippen LogP contribution in [0.25, 0.3) is 10.2 Å². The van der Waals surface area contributed by atoms with Crippen molar-refractivity contribution in [1.29, 1.82) is 0 Å². The van der Waals surface area contributed by atoms with Crippen molar-refractivity contribution in [3.05, 3.63) is 50.4 Å². The third kappa shape index (κ3) is 3.83. The van der Waals surface area contributed by atoms with Crippen LogP contribution in [0.4, 0.5) is 0 Å². The standard InChI is InChI=1S/C20H21N3O5S/c1-4-26-20(25)17-11(2)16-18(24)21-15(22-19(16)29-17)9-23(3)8-12-5-6-13-14(7-12)28-10-27-13/h5-7H,4,8-10H2,1-3H3,(H,21,22,24). The summed E-state index contributed by atoms with van der Waals surface area (Å²) in [6.07, 6.45) is 0. The number of aryl methyl sites for hydroxylation is 1. The molecule has 1 N–H and O–H groups in total. The van der Waals surface area contributed by atoms with Gasteiger partial charge in [0, 0.05) is 6.54 Å². The van der Waals surface area contributed by atoms with Crippen LogP contribution in [-0.4, -0.2) is 41.3 Å². The van der Waals surface area contributed by atoms with Gasteiger partial charge in [0.25, 0.3) is 5.56 Å². The van der Waals surface area contributed by atoms with E-state index in [2.05, 4.69) is 9.97 Å². The molecule has 0 saturated carbocycles. The Morgan fingerprint density at radius 2 is 2.10 bits per heavy atom. The number of esters is 1. The topological polar surface area (TPSA) is 93.8 Å². The highest BCUT2D eigenvalue weighted by Gasteiger charge is 2.20. The Kier molecular flexibility index (Phi) is 5.25. The van der Waals surface area contributed by atoms with Crippen LogP contribution in [0.5, 0.6) is 11.5 Å². The maximum absolute atomic E-state index is 12.6. The number of carbonyl (C=O) groups is 1. The molecule has 1 aliphatic rings. The lowest BCUT2D eigenvalue weighted by molar-refractivity contribution is 0.0531. The fraction of sp³-hybridized carbons (Fsp3) is 0.350. The second kappa shape index (κ2) is 7.84. The molecule has 0 amide bonds. The van der Waals surface area contributed by atoms with Crippen LogP contribution >= 0.6 is 11.3 Å². The number of nitrogens with one attached hydrogen (secondary N) is 1. The molecule has 3 aromatic rings. The van der Waals surface area contributed by atoms with Gasteiger partial charge in [-0.05, 0) is 44.2 Å². The Balaban J connectivity index is 1.54. The molecule has 0 radical (unpaired) electrons. The number of ether oxygens (including phenoxy) is 3. The first-order chi connectivity index (χ1) is 14.0. The third-order valence-electron chi connectivity index (χ3n) is 4.62. The summed E-state index contributed by atoms with van der Waals surface area (Å²) in [4.78, 5) is 35.1. The zero-order chi connectivity index (χ0) is 20.5. The van der Waals surface area contributed by atoms with Gasteiger partial charge in [-0.2, -0.15) is 0 Å². The fourth-order valence-corrected chi connectivity index (χ4v) is 4.41. The van der Waals surface area contributed by atoms with Crippen molar-refractivity contribution < 1.29 is 19.0 Å². The highest BCUT2D eigenvalue weighted by Crippen LogP contribution is 2.33. The average Bonchev–Trinajstić information content (AvgIpc) is 3.26. The molecule has 4 rings (SSSR count). The SMILES string of the molecule is CCOC(=O)c1sc2nc(CN(C)Cc3ccc4c(c3)OCO4)[nH]c(=O)c2c1C. The molecule has 8 nitrogen and oxygen atoms in total. The lowest BCUT2D eigenvalue weighted by Crippen LogP contribution is -2.21. The monoisotopic (exact) mass is 415 g/mol. The molecule has 1 aromatic carbocycles. The number of carbonyl (C=O) groups excluding carboxylic acids is 1. The van der Waals surface area contributed by atoms with E-state index in [4.69, 9.17) is 14.2 Å². The number of thiophene rings is 1. The molecule has 0 aliphatic carbocycles.